The molecule has 0 saturated carbocycles. The standard InChI is InChI=1S/C62H40N4/c1-4-13-41(14-5-1)43-23-28-46(29-24-43)58-40-59(66-62(65-58)49-18-8-3-9-19-49)47-30-25-44(26-31-47)51-21-12-22-52(37-51)55-39-57(45-16-6-2-7-17-45)64-61-54(55)35-33-48-34-36-56(63-60(48)61)53-32-27-42-15-10-11-20-50(42)38-53/h1-40H. The molecule has 308 valence electrons. The average Bonchev–Trinajstić information content (AvgIpc) is 3.41. The van der Waals surface area contributed by atoms with Crippen LogP contribution in [0.3, 0.4) is 0 Å². The third kappa shape index (κ3) is 7.47. The maximum atomic E-state index is 5.36. The van der Waals surface area contributed by atoms with E-state index in [0.717, 1.165) is 94.7 Å². The van der Waals surface area contributed by atoms with Gasteiger partial charge in [-0.1, -0.05) is 212 Å². The molecule has 0 aliphatic carbocycles. The molecule has 0 aliphatic rings. The van der Waals surface area contributed by atoms with Crippen LogP contribution in [-0.4, -0.2) is 19.9 Å². The van der Waals surface area contributed by atoms with Crippen LogP contribution >= 0.6 is 0 Å². The van der Waals surface area contributed by atoms with Crippen molar-refractivity contribution in [2.75, 3.05) is 0 Å². The third-order valence-corrected chi connectivity index (χ3v) is 12.5. The summed E-state index contributed by atoms with van der Waals surface area (Å²) in [7, 11) is 0. The van der Waals surface area contributed by atoms with Gasteiger partial charge in [-0.05, 0) is 74.5 Å². The summed E-state index contributed by atoms with van der Waals surface area (Å²) < 4.78 is 0. The van der Waals surface area contributed by atoms with Crippen molar-refractivity contribution in [3.8, 4) is 89.8 Å². The van der Waals surface area contributed by atoms with E-state index in [1.165, 1.54) is 21.9 Å². The molecule has 9 aromatic carbocycles. The number of rotatable bonds is 8. The first-order valence-electron chi connectivity index (χ1n) is 22.3. The molecule has 0 amide bonds. The molecule has 0 unspecified atom stereocenters. The number of pyridine rings is 2. The largest absolute Gasteiger partial charge is 0.245 e. The van der Waals surface area contributed by atoms with E-state index in [9.17, 15) is 0 Å². The molecule has 12 rings (SSSR count). The molecule has 0 aliphatic heterocycles. The van der Waals surface area contributed by atoms with Gasteiger partial charge in [0.25, 0.3) is 0 Å². The highest BCUT2D eigenvalue weighted by Gasteiger charge is 2.16. The summed E-state index contributed by atoms with van der Waals surface area (Å²) in [5.41, 5.74) is 17.3. The van der Waals surface area contributed by atoms with E-state index in [-0.39, 0.29) is 0 Å². The third-order valence-electron chi connectivity index (χ3n) is 12.5. The van der Waals surface area contributed by atoms with E-state index in [1.807, 2.05) is 30.3 Å². The molecule has 0 fully saturated rings. The zero-order valence-electron chi connectivity index (χ0n) is 35.9. The van der Waals surface area contributed by atoms with Gasteiger partial charge in [0.1, 0.15) is 0 Å². The number of hydrogen-bond donors (Lipinski definition) is 0. The number of benzene rings is 9. The van der Waals surface area contributed by atoms with Crippen LogP contribution in [0.25, 0.3) is 122 Å². The highest BCUT2D eigenvalue weighted by Crippen LogP contribution is 2.38. The van der Waals surface area contributed by atoms with Gasteiger partial charge in [-0.15, -0.1) is 0 Å². The van der Waals surface area contributed by atoms with Crippen molar-refractivity contribution < 1.29 is 0 Å². The summed E-state index contributed by atoms with van der Waals surface area (Å²) in [6, 6.07) is 85.2. The van der Waals surface area contributed by atoms with Gasteiger partial charge >= 0.3 is 0 Å². The fourth-order valence-corrected chi connectivity index (χ4v) is 9.00. The molecule has 0 bridgehead atoms. The van der Waals surface area contributed by atoms with Crippen LogP contribution in [0.1, 0.15) is 0 Å². The molecule has 4 nitrogen and oxygen atoms in total. The first-order valence-corrected chi connectivity index (χ1v) is 22.3. The molecule has 3 aromatic heterocycles. The van der Waals surface area contributed by atoms with Gasteiger partial charge < -0.3 is 0 Å². The molecular formula is C62H40N4. The summed E-state index contributed by atoms with van der Waals surface area (Å²) in [6.07, 6.45) is 0. The van der Waals surface area contributed by atoms with Gasteiger partial charge in [0.15, 0.2) is 5.82 Å². The van der Waals surface area contributed by atoms with Crippen LogP contribution in [0.5, 0.6) is 0 Å². The molecule has 0 radical (unpaired) electrons. The van der Waals surface area contributed by atoms with Crippen molar-refractivity contribution >= 4 is 32.6 Å². The second-order valence-electron chi connectivity index (χ2n) is 16.6. The van der Waals surface area contributed by atoms with Crippen molar-refractivity contribution in [2.45, 2.75) is 0 Å². The van der Waals surface area contributed by atoms with Gasteiger partial charge in [0, 0.05) is 38.6 Å². The number of hydrogen-bond acceptors (Lipinski definition) is 4. The fourth-order valence-electron chi connectivity index (χ4n) is 9.00. The fraction of sp³-hybridized carbons (Fsp3) is 0. The Hall–Kier alpha value is -8.86. The highest BCUT2D eigenvalue weighted by molar-refractivity contribution is 6.10. The Morgan fingerprint density at radius 1 is 0.212 bits per heavy atom. The van der Waals surface area contributed by atoms with E-state index >= 15 is 0 Å². The highest BCUT2D eigenvalue weighted by atomic mass is 14.9. The van der Waals surface area contributed by atoms with Crippen molar-refractivity contribution in [3.05, 3.63) is 243 Å². The minimum Gasteiger partial charge on any atom is -0.245 e. The minimum atomic E-state index is 0.694. The zero-order valence-corrected chi connectivity index (χ0v) is 35.9. The van der Waals surface area contributed by atoms with Crippen LogP contribution in [-0.2, 0) is 0 Å². The molecule has 66 heavy (non-hydrogen) atoms. The van der Waals surface area contributed by atoms with Crippen molar-refractivity contribution in [2.24, 2.45) is 0 Å². The maximum absolute atomic E-state index is 5.36. The summed E-state index contributed by atoms with van der Waals surface area (Å²) >= 11 is 0. The van der Waals surface area contributed by atoms with Gasteiger partial charge in [-0.25, -0.2) is 19.9 Å². The van der Waals surface area contributed by atoms with Gasteiger partial charge in [0.2, 0.25) is 0 Å². The summed E-state index contributed by atoms with van der Waals surface area (Å²) in [5.74, 6) is 0.694. The van der Waals surface area contributed by atoms with Crippen molar-refractivity contribution in [1.82, 2.24) is 19.9 Å². The van der Waals surface area contributed by atoms with E-state index in [0.29, 0.717) is 5.82 Å². The molecule has 12 aromatic rings. The number of fused-ring (bicyclic) bond motifs is 4. The summed E-state index contributed by atoms with van der Waals surface area (Å²) in [4.78, 5) is 20.9. The monoisotopic (exact) mass is 840 g/mol. The lowest BCUT2D eigenvalue weighted by Crippen LogP contribution is -1.96. The Balaban J connectivity index is 0.926. The van der Waals surface area contributed by atoms with Gasteiger partial charge in [-0.3, -0.25) is 0 Å². The number of nitrogens with zero attached hydrogens (tertiary/aromatic N) is 4. The zero-order chi connectivity index (χ0) is 43.8. The first-order chi connectivity index (χ1) is 32.7. The Labute approximate surface area is 383 Å². The lowest BCUT2D eigenvalue weighted by atomic mass is 9.94. The first kappa shape index (κ1) is 38.8. The SMILES string of the molecule is c1ccc(-c2ccc(-c3cc(-c4ccc(-c5cccc(-c6cc(-c7ccccc7)nc7c6ccc6ccc(-c8ccc9ccccc9c8)nc67)c5)cc4)nc(-c4ccccc4)n3)cc2)cc1. The molecular weight excluding hydrogens is 801 g/mol. The molecule has 0 spiro atoms. The second-order valence-corrected chi connectivity index (χ2v) is 16.6. The van der Waals surface area contributed by atoms with Gasteiger partial charge in [0.05, 0.1) is 33.8 Å². The summed E-state index contributed by atoms with van der Waals surface area (Å²) in [5, 5.41) is 4.51. The van der Waals surface area contributed by atoms with E-state index in [4.69, 9.17) is 19.9 Å². The number of aromatic nitrogens is 4. The normalized spacial score (nSPS) is 11.3. The Bertz CT molecular complexity index is 3720. The maximum Gasteiger partial charge on any atom is 0.160 e. The molecule has 0 atom stereocenters. The summed E-state index contributed by atoms with van der Waals surface area (Å²) in [6.45, 7) is 0. The van der Waals surface area contributed by atoms with Crippen molar-refractivity contribution in [3.63, 3.8) is 0 Å². The topological polar surface area (TPSA) is 51.6 Å². The molecule has 3 heterocycles. The van der Waals surface area contributed by atoms with Crippen LogP contribution in [0.2, 0.25) is 0 Å². The van der Waals surface area contributed by atoms with Crippen LogP contribution < -0.4 is 0 Å². The lowest BCUT2D eigenvalue weighted by molar-refractivity contribution is 1.18. The molecule has 0 saturated heterocycles. The smallest absolute Gasteiger partial charge is 0.160 e. The quantitative estimate of drug-likeness (QED) is 0.143. The van der Waals surface area contributed by atoms with Crippen LogP contribution in [0.15, 0.2) is 243 Å². The predicted octanol–water partition coefficient (Wildman–Crippen LogP) is 16.1. The minimum absolute atomic E-state index is 0.694. The molecule has 4 heteroatoms. The Kier molecular flexibility index (Phi) is 9.81. The van der Waals surface area contributed by atoms with Crippen LogP contribution in [0, 0.1) is 0 Å². The lowest BCUT2D eigenvalue weighted by Gasteiger charge is -2.14. The Morgan fingerprint density at radius 2 is 0.682 bits per heavy atom. The van der Waals surface area contributed by atoms with E-state index in [1.54, 1.807) is 0 Å². The van der Waals surface area contributed by atoms with Crippen LogP contribution in [0.4, 0.5) is 0 Å². The van der Waals surface area contributed by atoms with Crippen molar-refractivity contribution in [1.29, 1.82) is 0 Å². The van der Waals surface area contributed by atoms with E-state index in [2.05, 4.69) is 212 Å². The van der Waals surface area contributed by atoms with E-state index < -0.39 is 0 Å². The predicted molar refractivity (Wildman–Crippen MR) is 274 cm³/mol. The second kappa shape index (κ2) is 16.7. The Morgan fingerprint density at radius 3 is 1.38 bits per heavy atom. The molecule has 0 N–H and O–H groups in total. The van der Waals surface area contributed by atoms with Gasteiger partial charge in [-0.2, -0.15) is 0 Å². The average molecular weight is 841 g/mol.